The molecule has 6 heteroatoms. The van der Waals surface area contributed by atoms with Crippen LogP contribution < -0.4 is 4.90 Å². The summed E-state index contributed by atoms with van der Waals surface area (Å²) < 4.78 is 23.7. The van der Waals surface area contributed by atoms with Gasteiger partial charge >= 0.3 is 0 Å². The molecule has 0 saturated carbocycles. The lowest BCUT2D eigenvalue weighted by atomic mass is 10.0. The van der Waals surface area contributed by atoms with Gasteiger partial charge in [-0.1, -0.05) is 6.07 Å². The zero-order valence-electron chi connectivity index (χ0n) is 13.9. The first kappa shape index (κ1) is 16.3. The van der Waals surface area contributed by atoms with Crippen molar-refractivity contribution in [2.75, 3.05) is 25.3 Å². The molecule has 2 bridgehead atoms. The molecule has 0 spiro atoms. The Morgan fingerprint density at radius 2 is 1.78 bits per heavy atom. The van der Waals surface area contributed by atoms with E-state index in [9.17, 15) is 13.2 Å². The van der Waals surface area contributed by atoms with E-state index in [-0.39, 0.29) is 23.2 Å². The van der Waals surface area contributed by atoms with Crippen LogP contribution in [0.25, 0.3) is 0 Å². The molecule has 0 aromatic heterocycles. The van der Waals surface area contributed by atoms with Crippen LogP contribution in [0, 0.1) is 0 Å². The van der Waals surface area contributed by atoms with Crippen molar-refractivity contribution in [2.24, 2.45) is 0 Å². The summed E-state index contributed by atoms with van der Waals surface area (Å²) in [5.41, 5.74) is 1.68. The number of benzene rings is 1. The molecule has 2 heterocycles. The highest BCUT2D eigenvalue weighted by Crippen LogP contribution is 2.39. The van der Waals surface area contributed by atoms with Crippen molar-refractivity contribution < 1.29 is 13.2 Å². The maximum atomic E-state index is 12.9. The topological polar surface area (TPSA) is 57.7 Å². The van der Waals surface area contributed by atoms with Crippen molar-refractivity contribution in [1.82, 2.24) is 4.90 Å². The number of carbonyl (C=O) groups excluding carboxylic acids is 1. The maximum absolute atomic E-state index is 12.9. The van der Waals surface area contributed by atoms with Crippen LogP contribution in [0.2, 0.25) is 0 Å². The number of anilines is 1. The van der Waals surface area contributed by atoms with Gasteiger partial charge in [-0.3, -0.25) is 4.79 Å². The predicted molar refractivity (Wildman–Crippen MR) is 91.6 cm³/mol. The summed E-state index contributed by atoms with van der Waals surface area (Å²) in [7, 11) is 0.871. The van der Waals surface area contributed by atoms with Gasteiger partial charge in [0.1, 0.15) is 9.84 Å². The third-order valence-electron chi connectivity index (χ3n) is 5.14. The first-order valence-corrected chi connectivity index (χ1v) is 10.0. The molecule has 2 saturated heterocycles. The number of fused-ring (bicyclic) bond motifs is 2. The summed E-state index contributed by atoms with van der Waals surface area (Å²) in [6, 6.07) is 7.74. The van der Waals surface area contributed by atoms with Gasteiger partial charge in [0.2, 0.25) is 0 Å². The Labute approximate surface area is 138 Å². The van der Waals surface area contributed by atoms with Crippen molar-refractivity contribution in [1.29, 1.82) is 0 Å². The predicted octanol–water partition coefficient (Wildman–Crippen LogP) is 1.93. The van der Waals surface area contributed by atoms with Crippen molar-refractivity contribution in [3.63, 3.8) is 0 Å². The van der Waals surface area contributed by atoms with Crippen LogP contribution in [0.15, 0.2) is 24.3 Å². The second-order valence-electron chi connectivity index (χ2n) is 6.97. The highest BCUT2D eigenvalue weighted by atomic mass is 32.2. The number of rotatable bonds is 3. The Balaban J connectivity index is 1.83. The van der Waals surface area contributed by atoms with Gasteiger partial charge in [-0.25, -0.2) is 8.42 Å². The van der Waals surface area contributed by atoms with Crippen molar-refractivity contribution in [2.45, 2.75) is 43.0 Å². The van der Waals surface area contributed by atoms with E-state index >= 15 is 0 Å². The summed E-state index contributed by atoms with van der Waals surface area (Å²) in [5.74, 6) is 0.0353. The molecule has 2 atom stereocenters. The average molecular weight is 336 g/mol. The van der Waals surface area contributed by atoms with E-state index in [1.807, 2.05) is 48.2 Å². The molecule has 3 rings (SSSR count). The van der Waals surface area contributed by atoms with Gasteiger partial charge in [-0.15, -0.1) is 0 Å². The normalized spacial score (nSPS) is 27.1. The molecule has 1 aromatic rings. The van der Waals surface area contributed by atoms with Crippen LogP contribution in [-0.2, 0) is 9.84 Å². The molecule has 0 N–H and O–H groups in total. The molecule has 2 fully saturated rings. The van der Waals surface area contributed by atoms with Gasteiger partial charge in [0.15, 0.2) is 0 Å². The molecule has 2 aliphatic heterocycles. The quantitative estimate of drug-likeness (QED) is 0.846. The van der Waals surface area contributed by atoms with Gasteiger partial charge in [-0.05, 0) is 43.9 Å². The summed E-state index contributed by atoms with van der Waals surface area (Å²) in [6.07, 6.45) is 4.30. The van der Waals surface area contributed by atoms with E-state index in [4.69, 9.17) is 0 Å². The van der Waals surface area contributed by atoms with E-state index in [1.54, 1.807) is 0 Å². The third-order valence-corrected chi connectivity index (χ3v) is 6.74. The fraction of sp³-hybridized carbons (Fsp3) is 0.588. The number of piperidine rings is 1. The molecule has 2 aliphatic rings. The molecule has 23 heavy (non-hydrogen) atoms. The van der Waals surface area contributed by atoms with E-state index < -0.39 is 9.84 Å². The SMILES string of the molecule is CN(C)c1cccc(C(=O)N2[C@H]3CC[C@H]2CC(S(C)(=O)=O)C3)c1. The minimum Gasteiger partial charge on any atom is -0.378 e. The van der Waals surface area contributed by atoms with Crippen molar-refractivity contribution >= 4 is 21.4 Å². The second kappa shape index (κ2) is 5.82. The highest BCUT2D eigenvalue weighted by Gasteiger charge is 2.45. The number of sulfone groups is 1. The Kier molecular flexibility index (Phi) is 4.12. The minimum atomic E-state index is -3.03. The molecule has 0 unspecified atom stereocenters. The number of amides is 1. The summed E-state index contributed by atoms with van der Waals surface area (Å²) in [6.45, 7) is 0. The zero-order chi connectivity index (χ0) is 16.8. The Morgan fingerprint density at radius 1 is 1.17 bits per heavy atom. The second-order valence-corrected chi connectivity index (χ2v) is 9.29. The number of carbonyl (C=O) groups is 1. The lowest BCUT2D eigenvalue weighted by molar-refractivity contribution is 0.0598. The molecule has 126 valence electrons. The first-order valence-electron chi connectivity index (χ1n) is 8.06. The summed E-state index contributed by atoms with van der Waals surface area (Å²) >= 11 is 0. The van der Waals surface area contributed by atoms with Crippen molar-refractivity contribution in [3.8, 4) is 0 Å². The van der Waals surface area contributed by atoms with E-state index in [2.05, 4.69) is 0 Å². The van der Waals surface area contributed by atoms with E-state index in [0.717, 1.165) is 18.5 Å². The van der Waals surface area contributed by atoms with Gasteiger partial charge in [0.25, 0.3) is 5.91 Å². The summed E-state index contributed by atoms with van der Waals surface area (Å²) in [4.78, 5) is 16.9. The van der Waals surface area contributed by atoms with Crippen LogP contribution in [0.3, 0.4) is 0 Å². The maximum Gasteiger partial charge on any atom is 0.254 e. The Hall–Kier alpha value is -1.56. The molecular formula is C17H24N2O3S. The summed E-state index contributed by atoms with van der Waals surface area (Å²) in [5, 5.41) is -0.294. The van der Waals surface area contributed by atoms with Crippen molar-refractivity contribution in [3.05, 3.63) is 29.8 Å². The van der Waals surface area contributed by atoms with Crippen LogP contribution in [0.1, 0.15) is 36.0 Å². The monoisotopic (exact) mass is 336 g/mol. The van der Waals surface area contributed by atoms with Crippen LogP contribution >= 0.6 is 0 Å². The Bertz CT molecular complexity index is 700. The number of nitrogens with zero attached hydrogens (tertiary/aromatic N) is 2. The van der Waals surface area contributed by atoms with Gasteiger partial charge in [0, 0.05) is 43.7 Å². The minimum absolute atomic E-state index is 0.0353. The molecule has 0 aliphatic carbocycles. The van der Waals surface area contributed by atoms with Crippen LogP contribution in [-0.4, -0.2) is 56.9 Å². The molecule has 1 aromatic carbocycles. The fourth-order valence-corrected chi connectivity index (χ4v) is 5.02. The molecular weight excluding hydrogens is 312 g/mol. The number of hydrogen-bond acceptors (Lipinski definition) is 4. The largest absolute Gasteiger partial charge is 0.378 e. The molecule has 5 nitrogen and oxygen atoms in total. The third kappa shape index (κ3) is 3.09. The molecule has 1 amide bonds. The average Bonchev–Trinajstić information content (AvgIpc) is 2.75. The van der Waals surface area contributed by atoms with Gasteiger partial charge in [-0.2, -0.15) is 0 Å². The lowest BCUT2D eigenvalue weighted by Crippen LogP contribution is -2.49. The standard InChI is InChI=1S/C17H24N2O3S/c1-18(2)13-6-4-5-12(9-13)17(20)19-14-7-8-15(19)11-16(10-14)23(3,21)22/h4-6,9,14-16H,7-8,10-11H2,1-3H3/t14-,15-/m0/s1. The van der Waals surface area contributed by atoms with Gasteiger partial charge in [0.05, 0.1) is 5.25 Å². The Morgan fingerprint density at radius 3 is 2.30 bits per heavy atom. The van der Waals surface area contributed by atoms with Crippen LogP contribution in [0.5, 0.6) is 0 Å². The zero-order valence-corrected chi connectivity index (χ0v) is 14.7. The van der Waals surface area contributed by atoms with E-state index in [1.165, 1.54) is 6.26 Å². The fourth-order valence-electron chi connectivity index (χ4n) is 3.87. The molecule has 0 radical (unpaired) electrons. The number of hydrogen-bond donors (Lipinski definition) is 0. The smallest absolute Gasteiger partial charge is 0.254 e. The first-order chi connectivity index (χ1) is 10.8. The van der Waals surface area contributed by atoms with Crippen LogP contribution in [0.4, 0.5) is 5.69 Å². The lowest BCUT2D eigenvalue weighted by Gasteiger charge is -2.38. The van der Waals surface area contributed by atoms with E-state index in [0.29, 0.717) is 18.4 Å². The van der Waals surface area contributed by atoms with Gasteiger partial charge < -0.3 is 9.80 Å². The highest BCUT2D eigenvalue weighted by molar-refractivity contribution is 7.91.